The van der Waals surface area contributed by atoms with Gasteiger partial charge in [-0.15, -0.1) is 0 Å². The van der Waals surface area contributed by atoms with E-state index < -0.39 is 16.8 Å². The van der Waals surface area contributed by atoms with Crippen molar-refractivity contribution in [3.8, 4) is 5.75 Å². The van der Waals surface area contributed by atoms with E-state index in [2.05, 4.69) is 0 Å². The number of hydrogen-bond acceptors (Lipinski definition) is 3. The molecule has 1 aromatic rings. The summed E-state index contributed by atoms with van der Waals surface area (Å²) in [6.07, 6.45) is 0. The summed E-state index contributed by atoms with van der Waals surface area (Å²) in [5.74, 6) is -0.889. The van der Waals surface area contributed by atoms with E-state index in [4.69, 9.17) is 9.84 Å². The number of carboxylic acids is 1. The molecule has 1 N–H and O–H groups in total. The van der Waals surface area contributed by atoms with Gasteiger partial charge in [0.2, 0.25) is 0 Å². The third-order valence-electron chi connectivity index (χ3n) is 1.56. The number of benzene rings is 1. The molecule has 0 saturated carbocycles. The third-order valence-corrected chi connectivity index (χ3v) is 2.85. The first kappa shape index (κ1) is 10.7. The van der Waals surface area contributed by atoms with Gasteiger partial charge < -0.3 is 9.84 Å². The third kappa shape index (κ3) is 2.85. The highest BCUT2D eigenvalue weighted by atomic mass is 32.2. The number of methoxy groups -OCH3 is 1. The van der Waals surface area contributed by atoms with E-state index in [1.54, 1.807) is 24.3 Å². The molecule has 1 aromatic carbocycles. The molecule has 0 saturated heterocycles. The second kappa shape index (κ2) is 4.76. The molecule has 5 heteroatoms. The van der Waals surface area contributed by atoms with Crippen LogP contribution < -0.4 is 4.74 Å². The Morgan fingerprint density at radius 3 is 2.86 bits per heavy atom. The lowest BCUT2D eigenvalue weighted by atomic mass is 10.3. The summed E-state index contributed by atoms with van der Waals surface area (Å²) in [6, 6.07) is 6.57. The smallest absolute Gasteiger partial charge is 0.316 e. The molecule has 0 bridgehead atoms. The molecule has 0 heterocycles. The zero-order valence-corrected chi connectivity index (χ0v) is 8.41. The topological polar surface area (TPSA) is 63.6 Å². The Bertz CT molecular complexity index is 362. The van der Waals surface area contributed by atoms with Gasteiger partial charge in [-0.3, -0.25) is 9.00 Å². The van der Waals surface area contributed by atoms with Crippen LogP contribution >= 0.6 is 0 Å². The number of rotatable bonds is 4. The lowest BCUT2D eigenvalue weighted by molar-refractivity contribution is -0.133. The first-order chi connectivity index (χ1) is 6.63. The minimum atomic E-state index is -1.50. The van der Waals surface area contributed by atoms with Crippen LogP contribution in [0.4, 0.5) is 0 Å². The molecule has 0 spiro atoms. The molecule has 14 heavy (non-hydrogen) atoms. The first-order valence-corrected chi connectivity index (χ1v) is 5.19. The SMILES string of the molecule is COc1cccc([S@@](=O)CC(=O)O)c1. The van der Waals surface area contributed by atoms with Gasteiger partial charge in [0, 0.05) is 4.90 Å². The van der Waals surface area contributed by atoms with E-state index in [0.29, 0.717) is 10.6 Å². The van der Waals surface area contributed by atoms with Gasteiger partial charge in [-0.2, -0.15) is 0 Å². The van der Waals surface area contributed by atoms with Crippen molar-refractivity contribution in [2.24, 2.45) is 0 Å². The van der Waals surface area contributed by atoms with Crippen LogP contribution in [0.2, 0.25) is 0 Å². The van der Waals surface area contributed by atoms with Crippen molar-refractivity contribution in [2.45, 2.75) is 4.90 Å². The Morgan fingerprint density at radius 1 is 1.57 bits per heavy atom. The molecule has 4 nitrogen and oxygen atoms in total. The van der Waals surface area contributed by atoms with Gasteiger partial charge in [-0.05, 0) is 18.2 Å². The van der Waals surface area contributed by atoms with Crippen molar-refractivity contribution in [3.63, 3.8) is 0 Å². The highest BCUT2D eigenvalue weighted by Crippen LogP contribution is 2.15. The van der Waals surface area contributed by atoms with Crippen molar-refractivity contribution >= 4 is 16.8 Å². The Hall–Kier alpha value is -1.36. The fraction of sp³-hybridized carbons (Fsp3) is 0.222. The van der Waals surface area contributed by atoms with Crippen molar-refractivity contribution in [1.29, 1.82) is 0 Å². The molecule has 1 rings (SSSR count). The number of carboxylic acid groups (broad SMARTS) is 1. The molecule has 1 atom stereocenters. The van der Waals surface area contributed by atoms with Gasteiger partial charge in [0.25, 0.3) is 0 Å². The van der Waals surface area contributed by atoms with Gasteiger partial charge in [0.15, 0.2) is 0 Å². The molecule has 0 aliphatic heterocycles. The Morgan fingerprint density at radius 2 is 2.29 bits per heavy atom. The van der Waals surface area contributed by atoms with E-state index in [-0.39, 0.29) is 5.75 Å². The van der Waals surface area contributed by atoms with Gasteiger partial charge in [0.05, 0.1) is 17.9 Å². The maximum Gasteiger partial charge on any atom is 0.316 e. The van der Waals surface area contributed by atoms with Gasteiger partial charge in [-0.25, -0.2) is 0 Å². The fourth-order valence-electron chi connectivity index (χ4n) is 0.938. The maximum absolute atomic E-state index is 11.4. The number of carbonyl (C=O) groups is 1. The maximum atomic E-state index is 11.4. The predicted octanol–water partition coefficient (Wildman–Crippen LogP) is 0.887. The summed E-state index contributed by atoms with van der Waals surface area (Å²) >= 11 is 0. The van der Waals surface area contributed by atoms with Crippen molar-refractivity contribution in [2.75, 3.05) is 12.9 Å². The summed E-state index contributed by atoms with van der Waals surface area (Å²) in [7, 11) is -0.00570. The van der Waals surface area contributed by atoms with E-state index in [9.17, 15) is 9.00 Å². The fourth-order valence-corrected chi connectivity index (χ4v) is 1.81. The van der Waals surface area contributed by atoms with Crippen LogP contribution in [-0.2, 0) is 15.6 Å². The minimum Gasteiger partial charge on any atom is -0.497 e. The first-order valence-electron chi connectivity index (χ1n) is 3.87. The quantitative estimate of drug-likeness (QED) is 0.808. The van der Waals surface area contributed by atoms with Crippen LogP contribution in [0.25, 0.3) is 0 Å². The normalized spacial score (nSPS) is 12.1. The monoisotopic (exact) mass is 214 g/mol. The zero-order chi connectivity index (χ0) is 10.6. The van der Waals surface area contributed by atoms with Crippen molar-refractivity contribution in [3.05, 3.63) is 24.3 Å². The van der Waals surface area contributed by atoms with Crippen LogP contribution in [0.15, 0.2) is 29.2 Å². The molecule has 0 aromatic heterocycles. The van der Waals surface area contributed by atoms with Gasteiger partial charge in [-0.1, -0.05) is 6.07 Å². The van der Waals surface area contributed by atoms with Crippen LogP contribution in [0.5, 0.6) is 5.75 Å². The van der Waals surface area contributed by atoms with E-state index >= 15 is 0 Å². The van der Waals surface area contributed by atoms with Gasteiger partial charge in [0.1, 0.15) is 11.5 Å². The second-order valence-corrected chi connectivity index (χ2v) is 4.01. The highest BCUT2D eigenvalue weighted by molar-refractivity contribution is 7.85. The van der Waals surface area contributed by atoms with E-state index in [0.717, 1.165) is 0 Å². The molecule has 0 fully saturated rings. The molecule has 0 aliphatic carbocycles. The molecular formula is C9H10O4S. The zero-order valence-electron chi connectivity index (χ0n) is 7.60. The Balaban J connectivity index is 2.84. The van der Waals surface area contributed by atoms with Crippen molar-refractivity contribution < 1.29 is 18.8 Å². The summed E-state index contributed by atoms with van der Waals surface area (Å²) in [4.78, 5) is 10.8. The number of aliphatic carboxylic acids is 1. The summed E-state index contributed by atoms with van der Waals surface area (Å²) in [6.45, 7) is 0. The lowest BCUT2D eigenvalue weighted by Crippen LogP contribution is -2.09. The van der Waals surface area contributed by atoms with E-state index in [1.807, 2.05) is 0 Å². The second-order valence-electron chi connectivity index (χ2n) is 2.56. The Labute approximate surface area is 84.0 Å². The standard InChI is InChI=1S/C9H10O4S/c1-13-7-3-2-4-8(5-7)14(12)6-9(10)11/h2-5H,6H2,1H3,(H,10,11)/t14-/m0/s1. The largest absolute Gasteiger partial charge is 0.497 e. The molecule has 76 valence electrons. The Kier molecular flexibility index (Phi) is 3.64. The van der Waals surface area contributed by atoms with E-state index in [1.165, 1.54) is 7.11 Å². The lowest BCUT2D eigenvalue weighted by Gasteiger charge is -2.02. The molecular weight excluding hydrogens is 204 g/mol. The van der Waals surface area contributed by atoms with Gasteiger partial charge >= 0.3 is 5.97 Å². The average Bonchev–Trinajstić information content (AvgIpc) is 2.17. The summed E-state index contributed by atoms with van der Waals surface area (Å²) in [5.41, 5.74) is 0. The minimum absolute atomic E-state index is 0.382. The van der Waals surface area contributed by atoms with Crippen LogP contribution in [0, 0.1) is 0 Å². The molecule has 0 amide bonds. The summed E-state index contributed by atoms with van der Waals surface area (Å²) in [5, 5.41) is 8.45. The number of hydrogen-bond donors (Lipinski definition) is 1. The van der Waals surface area contributed by atoms with Crippen molar-refractivity contribution in [1.82, 2.24) is 0 Å². The van der Waals surface area contributed by atoms with Crippen LogP contribution in [-0.4, -0.2) is 28.1 Å². The average molecular weight is 214 g/mol. The van der Waals surface area contributed by atoms with Crippen LogP contribution in [0.3, 0.4) is 0 Å². The highest BCUT2D eigenvalue weighted by Gasteiger charge is 2.08. The number of ether oxygens (including phenoxy) is 1. The predicted molar refractivity (Wildman–Crippen MR) is 51.9 cm³/mol. The molecule has 0 radical (unpaired) electrons. The molecule has 0 unspecified atom stereocenters. The van der Waals surface area contributed by atoms with Crippen LogP contribution in [0.1, 0.15) is 0 Å². The summed E-state index contributed by atoms with van der Waals surface area (Å²) < 4.78 is 16.3. The molecule has 0 aliphatic rings.